The van der Waals surface area contributed by atoms with Gasteiger partial charge in [0.05, 0.1) is 13.2 Å². The van der Waals surface area contributed by atoms with Crippen molar-refractivity contribution >= 4 is 11.9 Å². The molecule has 0 fully saturated rings. The van der Waals surface area contributed by atoms with E-state index in [2.05, 4.69) is 65.5 Å². The maximum absolute atomic E-state index is 12.0. The normalized spacial score (nSPS) is 12.6. The molecule has 0 aliphatic rings. The molecule has 0 aromatic rings. The number of hydrogen-bond donors (Lipinski definition) is 0. The Kier molecular flexibility index (Phi) is 24.3. The van der Waals surface area contributed by atoms with Crippen LogP contribution in [0.5, 0.6) is 0 Å². The van der Waals surface area contributed by atoms with E-state index in [0.717, 1.165) is 71.0 Å². The molecule has 0 N–H and O–H groups in total. The van der Waals surface area contributed by atoms with Gasteiger partial charge in [-0.3, -0.25) is 9.59 Å². The van der Waals surface area contributed by atoms with Gasteiger partial charge in [-0.2, -0.15) is 0 Å². The molecule has 2 atom stereocenters. The number of rotatable bonds is 25. The molecule has 0 rings (SSSR count). The maximum Gasteiger partial charge on any atom is 0.306 e. The minimum atomic E-state index is -0.0460. The molecule has 228 valence electrons. The molecule has 0 aliphatic carbocycles. The van der Waals surface area contributed by atoms with Crippen molar-refractivity contribution in [1.29, 1.82) is 0 Å². The molecule has 0 bridgehead atoms. The summed E-state index contributed by atoms with van der Waals surface area (Å²) in [6.07, 6.45) is 18.6. The zero-order valence-electron chi connectivity index (χ0n) is 26.8. The number of esters is 2. The van der Waals surface area contributed by atoms with Crippen LogP contribution in [0.3, 0.4) is 0 Å². The molecular weight excluding hydrogens is 486 g/mol. The highest BCUT2D eigenvalue weighted by Gasteiger charge is 2.11. The fourth-order valence-electron chi connectivity index (χ4n) is 4.59. The lowest BCUT2D eigenvalue weighted by atomic mass is 10.0. The minimum Gasteiger partial charge on any atom is -0.466 e. The number of allylic oxidation sites excluding steroid dienone is 4. The van der Waals surface area contributed by atoms with Crippen molar-refractivity contribution in [2.24, 2.45) is 11.8 Å². The lowest BCUT2D eigenvalue weighted by Crippen LogP contribution is -2.25. The summed E-state index contributed by atoms with van der Waals surface area (Å²) in [5.74, 6) is 0.671. The summed E-state index contributed by atoms with van der Waals surface area (Å²) >= 11 is 0. The third-order valence-electron chi connectivity index (χ3n) is 7.17. The summed E-state index contributed by atoms with van der Waals surface area (Å²) < 4.78 is 10.9. The van der Waals surface area contributed by atoms with Crippen molar-refractivity contribution in [3.63, 3.8) is 0 Å². The lowest BCUT2D eigenvalue weighted by Gasteiger charge is -2.20. The smallest absolute Gasteiger partial charge is 0.306 e. The average molecular weight is 550 g/mol. The van der Waals surface area contributed by atoms with E-state index in [-0.39, 0.29) is 11.9 Å². The Morgan fingerprint density at radius 2 is 1.03 bits per heavy atom. The van der Waals surface area contributed by atoms with Crippen LogP contribution in [0.25, 0.3) is 0 Å². The summed E-state index contributed by atoms with van der Waals surface area (Å²) in [5, 5.41) is 0. The number of hydrogen-bond acceptors (Lipinski definition) is 5. The number of nitrogens with zero attached hydrogens (tertiary/aromatic N) is 1. The molecule has 0 heterocycles. The molecule has 0 spiro atoms. The molecular formula is C34H63NO4. The minimum absolute atomic E-state index is 0.0460. The first-order valence-corrected chi connectivity index (χ1v) is 15.9. The van der Waals surface area contributed by atoms with Crippen LogP contribution in [0, 0.1) is 11.8 Å². The molecule has 2 unspecified atom stereocenters. The standard InChI is InChI=1S/C34H63NO4/c1-8-35(23-13-9-11-15-25-38-33(36)27-31(6)21-17-19-29(2)3)24-14-10-12-16-26-39-34(37)28-32(7)22-18-20-30(4)5/h19-20,31-32H,8-18,21-28H2,1-7H3. The number of carbonyl (C=O) groups excluding carboxylic acids is 2. The van der Waals surface area contributed by atoms with Gasteiger partial charge in [0.15, 0.2) is 0 Å². The van der Waals surface area contributed by atoms with Crippen LogP contribution in [0.15, 0.2) is 23.3 Å². The van der Waals surface area contributed by atoms with Gasteiger partial charge in [-0.25, -0.2) is 0 Å². The maximum atomic E-state index is 12.0. The molecule has 5 nitrogen and oxygen atoms in total. The van der Waals surface area contributed by atoms with E-state index in [4.69, 9.17) is 9.47 Å². The van der Waals surface area contributed by atoms with E-state index in [1.807, 2.05) is 0 Å². The fourth-order valence-corrected chi connectivity index (χ4v) is 4.59. The van der Waals surface area contributed by atoms with E-state index in [0.29, 0.717) is 37.9 Å². The largest absolute Gasteiger partial charge is 0.466 e. The van der Waals surface area contributed by atoms with Crippen LogP contribution in [-0.4, -0.2) is 49.7 Å². The summed E-state index contributed by atoms with van der Waals surface area (Å²) in [6, 6.07) is 0. The molecule has 0 aromatic heterocycles. The van der Waals surface area contributed by atoms with Crippen molar-refractivity contribution in [2.75, 3.05) is 32.8 Å². The third kappa shape index (κ3) is 26.4. The van der Waals surface area contributed by atoms with Crippen LogP contribution in [-0.2, 0) is 19.1 Å². The van der Waals surface area contributed by atoms with Crippen LogP contribution in [0.1, 0.15) is 138 Å². The van der Waals surface area contributed by atoms with Crippen LogP contribution >= 0.6 is 0 Å². The van der Waals surface area contributed by atoms with Crippen molar-refractivity contribution in [2.45, 2.75) is 138 Å². The highest BCUT2D eigenvalue weighted by molar-refractivity contribution is 5.69. The number of ether oxygens (including phenoxy) is 2. The first-order valence-electron chi connectivity index (χ1n) is 15.9. The van der Waals surface area contributed by atoms with Crippen LogP contribution in [0.4, 0.5) is 0 Å². The van der Waals surface area contributed by atoms with Crippen LogP contribution in [0.2, 0.25) is 0 Å². The van der Waals surface area contributed by atoms with E-state index in [1.54, 1.807) is 0 Å². The van der Waals surface area contributed by atoms with Gasteiger partial charge in [0.1, 0.15) is 0 Å². The quantitative estimate of drug-likeness (QED) is 0.0646. The fraction of sp³-hybridized carbons (Fsp3) is 0.824. The molecule has 0 radical (unpaired) electrons. The monoisotopic (exact) mass is 549 g/mol. The average Bonchev–Trinajstić information content (AvgIpc) is 2.85. The second-order valence-corrected chi connectivity index (χ2v) is 12.0. The van der Waals surface area contributed by atoms with Crippen molar-refractivity contribution in [3.8, 4) is 0 Å². The Morgan fingerprint density at radius 1 is 0.641 bits per heavy atom. The third-order valence-corrected chi connectivity index (χ3v) is 7.17. The topological polar surface area (TPSA) is 55.8 Å². The Balaban J connectivity index is 3.66. The van der Waals surface area contributed by atoms with Gasteiger partial charge >= 0.3 is 11.9 Å². The SMILES string of the molecule is CCN(CCCCCCOC(=O)CC(C)CCC=C(C)C)CCCCCCOC(=O)CC(C)CCC=C(C)C. The first-order chi connectivity index (χ1) is 18.6. The molecule has 0 aliphatic heterocycles. The second kappa shape index (κ2) is 25.4. The molecule has 0 aromatic carbocycles. The predicted octanol–water partition coefficient (Wildman–Crippen LogP) is 9.06. The first kappa shape index (κ1) is 37.4. The van der Waals surface area contributed by atoms with E-state index in [1.165, 1.54) is 36.8 Å². The predicted molar refractivity (Wildman–Crippen MR) is 166 cm³/mol. The lowest BCUT2D eigenvalue weighted by molar-refractivity contribution is -0.145. The van der Waals surface area contributed by atoms with E-state index in [9.17, 15) is 9.59 Å². The summed E-state index contributed by atoms with van der Waals surface area (Å²) in [7, 11) is 0. The molecule has 0 saturated carbocycles. The highest BCUT2D eigenvalue weighted by Crippen LogP contribution is 2.14. The zero-order valence-corrected chi connectivity index (χ0v) is 26.8. The Bertz CT molecular complexity index is 621. The van der Waals surface area contributed by atoms with Gasteiger partial charge in [0.2, 0.25) is 0 Å². The Labute approximate surface area is 242 Å². The summed E-state index contributed by atoms with van der Waals surface area (Å²) in [5.41, 5.74) is 2.68. The molecule has 5 heteroatoms. The number of unbranched alkanes of at least 4 members (excludes halogenated alkanes) is 6. The van der Waals surface area contributed by atoms with Gasteiger partial charge in [0.25, 0.3) is 0 Å². The molecule has 0 saturated heterocycles. The van der Waals surface area contributed by atoms with E-state index >= 15 is 0 Å². The highest BCUT2D eigenvalue weighted by atomic mass is 16.5. The Morgan fingerprint density at radius 3 is 1.38 bits per heavy atom. The second-order valence-electron chi connectivity index (χ2n) is 12.0. The van der Waals surface area contributed by atoms with Gasteiger partial charge in [-0.05, 0) is 111 Å². The van der Waals surface area contributed by atoms with Gasteiger partial charge in [0, 0.05) is 12.8 Å². The van der Waals surface area contributed by atoms with Gasteiger partial charge in [-0.15, -0.1) is 0 Å². The van der Waals surface area contributed by atoms with E-state index < -0.39 is 0 Å². The number of carbonyl (C=O) groups is 2. The van der Waals surface area contributed by atoms with Gasteiger partial charge in [-0.1, -0.05) is 69.8 Å². The zero-order chi connectivity index (χ0) is 29.3. The van der Waals surface area contributed by atoms with Crippen LogP contribution < -0.4 is 0 Å². The summed E-state index contributed by atoms with van der Waals surface area (Å²) in [6.45, 7) is 19.4. The van der Waals surface area contributed by atoms with Crippen molar-refractivity contribution in [1.82, 2.24) is 4.90 Å². The summed E-state index contributed by atoms with van der Waals surface area (Å²) in [4.78, 5) is 26.5. The molecule has 39 heavy (non-hydrogen) atoms. The molecule has 0 amide bonds. The van der Waals surface area contributed by atoms with Crippen molar-refractivity contribution < 1.29 is 19.1 Å². The van der Waals surface area contributed by atoms with Gasteiger partial charge < -0.3 is 14.4 Å². The Hall–Kier alpha value is -1.62. The van der Waals surface area contributed by atoms with Crippen molar-refractivity contribution in [3.05, 3.63) is 23.3 Å².